The zero-order valence-electron chi connectivity index (χ0n) is 18.5. The van der Waals surface area contributed by atoms with Crippen LogP contribution in [0.1, 0.15) is 12.0 Å². The highest BCUT2D eigenvalue weighted by molar-refractivity contribution is 5.73. The van der Waals surface area contributed by atoms with E-state index in [-0.39, 0.29) is 0 Å². The molecule has 0 bridgehead atoms. The van der Waals surface area contributed by atoms with Crippen molar-refractivity contribution in [3.8, 4) is 0 Å². The first-order chi connectivity index (χ1) is 16.1. The fraction of sp³-hybridized carbons (Fsp3) is 0.450. The Hall–Kier alpha value is -3.49. The molecule has 194 valence electrons. The van der Waals surface area contributed by atoms with Crippen LogP contribution in [0.3, 0.4) is 0 Å². The third-order valence-electron chi connectivity index (χ3n) is 4.66. The highest BCUT2D eigenvalue weighted by Crippen LogP contribution is 2.27. The molecule has 35 heavy (non-hydrogen) atoms. The van der Waals surface area contributed by atoms with E-state index in [1.165, 1.54) is 5.56 Å². The summed E-state index contributed by atoms with van der Waals surface area (Å²) in [6, 6.07) is 6.96. The second-order valence-electron chi connectivity index (χ2n) is 7.29. The van der Waals surface area contributed by atoms with Crippen LogP contribution in [0, 0.1) is 0 Å². The number of aliphatic carboxylic acids is 2. The van der Waals surface area contributed by atoms with Gasteiger partial charge in [-0.05, 0) is 50.7 Å². The maximum Gasteiger partial charge on any atom is 0.490 e. The zero-order chi connectivity index (χ0) is 26.8. The molecule has 2 atom stereocenters. The van der Waals surface area contributed by atoms with Gasteiger partial charge in [-0.1, -0.05) is 0 Å². The number of hydrogen-bond donors (Lipinski definition) is 2. The largest absolute Gasteiger partial charge is 0.490 e. The maximum absolute atomic E-state index is 10.6. The second-order valence-corrected chi connectivity index (χ2v) is 7.29. The average Bonchev–Trinajstić information content (AvgIpc) is 3.18. The lowest BCUT2D eigenvalue weighted by atomic mass is 10.0. The molecule has 0 spiro atoms. The molecular formula is C20H23F6N5O4. The molecule has 0 amide bonds. The van der Waals surface area contributed by atoms with Gasteiger partial charge in [0.2, 0.25) is 5.95 Å². The summed E-state index contributed by atoms with van der Waals surface area (Å²) >= 11 is 0. The van der Waals surface area contributed by atoms with E-state index in [9.17, 15) is 26.3 Å². The minimum atomic E-state index is -5.08. The summed E-state index contributed by atoms with van der Waals surface area (Å²) in [5.41, 5.74) is 1.31. The Labute approximate surface area is 196 Å². The van der Waals surface area contributed by atoms with Crippen LogP contribution in [0.2, 0.25) is 0 Å². The van der Waals surface area contributed by atoms with Gasteiger partial charge in [0.15, 0.2) is 0 Å². The van der Waals surface area contributed by atoms with Crippen molar-refractivity contribution in [1.29, 1.82) is 0 Å². The normalized spacial score (nSPS) is 17.7. The fourth-order valence-corrected chi connectivity index (χ4v) is 3.13. The van der Waals surface area contributed by atoms with E-state index < -0.39 is 24.3 Å². The summed E-state index contributed by atoms with van der Waals surface area (Å²) in [5, 5.41) is 14.2. The maximum atomic E-state index is 10.6. The van der Waals surface area contributed by atoms with Crippen LogP contribution in [0.4, 0.5) is 32.3 Å². The van der Waals surface area contributed by atoms with E-state index >= 15 is 0 Å². The van der Waals surface area contributed by atoms with Crippen molar-refractivity contribution in [2.45, 2.75) is 37.3 Å². The van der Waals surface area contributed by atoms with Crippen LogP contribution in [0.25, 0.3) is 0 Å². The van der Waals surface area contributed by atoms with Crippen molar-refractivity contribution in [2.24, 2.45) is 0 Å². The second kappa shape index (κ2) is 12.8. The molecule has 2 N–H and O–H groups in total. The SMILES string of the molecule is CN(C)[C@@H]1CCN(c2ncccn2)[C@H]1Cc1ccncc1.O=C(O)C(F)(F)F.O=C(O)C(F)(F)F. The van der Waals surface area contributed by atoms with Crippen molar-refractivity contribution in [3.63, 3.8) is 0 Å². The minimum absolute atomic E-state index is 0.393. The number of nitrogens with zero attached hydrogens (tertiary/aromatic N) is 5. The number of rotatable bonds is 4. The van der Waals surface area contributed by atoms with Crippen molar-refractivity contribution < 1.29 is 46.1 Å². The number of carboxylic acids is 2. The minimum Gasteiger partial charge on any atom is -0.475 e. The number of hydrogen-bond acceptors (Lipinski definition) is 7. The molecule has 2 aromatic heterocycles. The third kappa shape index (κ3) is 10.1. The number of anilines is 1. The molecule has 2 aromatic rings. The van der Waals surface area contributed by atoms with Crippen molar-refractivity contribution in [1.82, 2.24) is 19.9 Å². The van der Waals surface area contributed by atoms with E-state index in [0.717, 1.165) is 25.3 Å². The highest BCUT2D eigenvalue weighted by Gasteiger charge is 2.39. The number of halogens is 6. The van der Waals surface area contributed by atoms with Crippen molar-refractivity contribution in [3.05, 3.63) is 48.5 Å². The monoisotopic (exact) mass is 511 g/mol. The molecule has 3 heterocycles. The van der Waals surface area contributed by atoms with E-state index in [1.807, 2.05) is 30.9 Å². The average molecular weight is 511 g/mol. The first kappa shape index (κ1) is 29.5. The lowest BCUT2D eigenvalue weighted by Crippen LogP contribution is -2.44. The molecular weight excluding hydrogens is 488 g/mol. The lowest BCUT2D eigenvalue weighted by molar-refractivity contribution is -0.193. The molecule has 0 saturated carbocycles. The van der Waals surface area contributed by atoms with Gasteiger partial charge in [0.25, 0.3) is 0 Å². The summed E-state index contributed by atoms with van der Waals surface area (Å²) in [6.45, 7) is 1.00. The topological polar surface area (TPSA) is 120 Å². The molecule has 0 aliphatic carbocycles. The molecule has 1 aliphatic rings. The lowest BCUT2D eigenvalue weighted by Gasteiger charge is -2.31. The summed E-state index contributed by atoms with van der Waals surface area (Å²) in [5.74, 6) is -4.68. The Morgan fingerprint density at radius 3 is 1.83 bits per heavy atom. The Morgan fingerprint density at radius 1 is 0.971 bits per heavy atom. The molecule has 1 fully saturated rings. The van der Waals surface area contributed by atoms with E-state index in [4.69, 9.17) is 19.8 Å². The molecule has 0 unspecified atom stereocenters. The first-order valence-electron chi connectivity index (χ1n) is 9.83. The van der Waals surface area contributed by atoms with Crippen LogP contribution in [0.15, 0.2) is 43.0 Å². The van der Waals surface area contributed by atoms with Crippen LogP contribution < -0.4 is 4.90 Å². The number of carbonyl (C=O) groups is 2. The van der Waals surface area contributed by atoms with Gasteiger partial charge < -0.3 is 20.0 Å². The fourth-order valence-electron chi connectivity index (χ4n) is 3.13. The standard InChI is InChI=1S/C16H21N5.2C2HF3O2/c1-20(2)14-6-11-21(16-18-7-3-8-19-16)15(14)12-13-4-9-17-10-5-13;2*3-2(4,5)1(6)7/h3-5,7-10,14-15H,6,11-12H2,1-2H3;2*(H,6,7)/t14-,15+;;/m1../s1. The summed E-state index contributed by atoms with van der Waals surface area (Å²) in [4.78, 5) is 35.4. The Balaban J connectivity index is 0.000000362. The number of aromatic nitrogens is 3. The molecule has 9 nitrogen and oxygen atoms in total. The van der Waals surface area contributed by atoms with Gasteiger partial charge in [-0.25, -0.2) is 19.6 Å². The van der Waals surface area contributed by atoms with Crippen LogP contribution in [-0.4, -0.2) is 87.1 Å². The number of likely N-dealkylation sites (N-methyl/N-ethyl adjacent to an activating group) is 1. The van der Waals surface area contributed by atoms with Crippen LogP contribution in [-0.2, 0) is 16.0 Å². The molecule has 3 rings (SSSR count). The van der Waals surface area contributed by atoms with Crippen molar-refractivity contribution >= 4 is 17.9 Å². The van der Waals surface area contributed by atoms with Crippen LogP contribution in [0.5, 0.6) is 0 Å². The van der Waals surface area contributed by atoms with Gasteiger partial charge in [-0.3, -0.25) is 4.98 Å². The third-order valence-corrected chi connectivity index (χ3v) is 4.66. The van der Waals surface area contributed by atoms with Crippen molar-refractivity contribution in [2.75, 3.05) is 25.5 Å². The van der Waals surface area contributed by atoms with E-state index in [1.54, 1.807) is 0 Å². The van der Waals surface area contributed by atoms with Gasteiger partial charge in [0.05, 0.1) is 6.04 Å². The van der Waals surface area contributed by atoms with Gasteiger partial charge in [0, 0.05) is 37.4 Å². The number of pyridine rings is 1. The van der Waals surface area contributed by atoms with Gasteiger partial charge in [-0.2, -0.15) is 26.3 Å². The Bertz CT molecular complexity index is 905. The molecule has 1 aliphatic heterocycles. The van der Waals surface area contributed by atoms with Crippen LogP contribution >= 0.6 is 0 Å². The molecule has 0 radical (unpaired) electrons. The summed E-state index contributed by atoms with van der Waals surface area (Å²) in [6.07, 6.45) is -0.690. The Kier molecular flexibility index (Phi) is 10.8. The summed E-state index contributed by atoms with van der Waals surface area (Å²) < 4.78 is 63.5. The number of alkyl halides is 6. The zero-order valence-corrected chi connectivity index (χ0v) is 18.5. The molecule has 15 heteroatoms. The molecule has 0 aromatic carbocycles. The Morgan fingerprint density at radius 2 is 1.43 bits per heavy atom. The predicted molar refractivity (Wildman–Crippen MR) is 111 cm³/mol. The van der Waals surface area contributed by atoms with E-state index in [2.05, 4.69) is 51.0 Å². The predicted octanol–water partition coefficient (Wildman–Crippen LogP) is 2.89. The van der Waals surface area contributed by atoms with Gasteiger partial charge in [-0.15, -0.1) is 0 Å². The molecule has 1 saturated heterocycles. The first-order valence-corrected chi connectivity index (χ1v) is 9.83. The number of carboxylic acid groups (broad SMARTS) is 2. The highest BCUT2D eigenvalue weighted by atomic mass is 19.4. The quantitative estimate of drug-likeness (QED) is 0.597. The smallest absolute Gasteiger partial charge is 0.475 e. The summed E-state index contributed by atoms with van der Waals surface area (Å²) in [7, 11) is 4.30. The van der Waals surface area contributed by atoms with Gasteiger partial charge >= 0.3 is 24.3 Å². The van der Waals surface area contributed by atoms with E-state index in [0.29, 0.717) is 12.1 Å². The van der Waals surface area contributed by atoms with Gasteiger partial charge in [0.1, 0.15) is 0 Å².